The Labute approximate surface area is 155 Å². The molecule has 5 nitrogen and oxygen atoms in total. The Kier molecular flexibility index (Phi) is 4.53. The third-order valence-electron chi connectivity index (χ3n) is 4.07. The second-order valence-electron chi connectivity index (χ2n) is 5.94. The number of anilines is 1. The largest absolute Gasteiger partial charge is 0.484 e. The zero-order chi connectivity index (χ0) is 18.6. The van der Waals surface area contributed by atoms with Crippen molar-refractivity contribution in [2.24, 2.45) is 0 Å². The van der Waals surface area contributed by atoms with Crippen LogP contribution in [0.1, 0.15) is 0 Å². The van der Waals surface area contributed by atoms with Crippen molar-refractivity contribution in [3.63, 3.8) is 0 Å². The summed E-state index contributed by atoms with van der Waals surface area (Å²) in [6.07, 6.45) is 1.77. The van der Waals surface area contributed by atoms with E-state index in [9.17, 15) is 9.18 Å². The molecule has 1 amide bonds. The lowest BCUT2D eigenvalue weighted by Crippen LogP contribution is -2.20. The lowest BCUT2D eigenvalue weighted by molar-refractivity contribution is -0.118. The van der Waals surface area contributed by atoms with Crippen LogP contribution in [-0.4, -0.2) is 22.1 Å². The maximum atomic E-state index is 12.9. The lowest BCUT2D eigenvalue weighted by Gasteiger charge is -2.09. The van der Waals surface area contributed by atoms with Gasteiger partial charge in [-0.05, 0) is 60.7 Å². The van der Waals surface area contributed by atoms with Gasteiger partial charge in [-0.2, -0.15) is 0 Å². The van der Waals surface area contributed by atoms with E-state index in [4.69, 9.17) is 4.74 Å². The van der Waals surface area contributed by atoms with Crippen molar-refractivity contribution in [3.05, 3.63) is 84.9 Å². The van der Waals surface area contributed by atoms with Crippen molar-refractivity contribution in [2.45, 2.75) is 0 Å². The first-order chi connectivity index (χ1) is 13.2. The molecular formula is C21H16FN3O2. The van der Waals surface area contributed by atoms with Gasteiger partial charge in [0.05, 0.1) is 11.0 Å². The van der Waals surface area contributed by atoms with E-state index in [0.717, 1.165) is 16.7 Å². The van der Waals surface area contributed by atoms with Crippen LogP contribution >= 0.6 is 0 Å². The van der Waals surface area contributed by atoms with Crippen molar-refractivity contribution in [1.82, 2.24) is 9.55 Å². The molecule has 0 fully saturated rings. The van der Waals surface area contributed by atoms with E-state index in [1.54, 1.807) is 6.33 Å². The second kappa shape index (κ2) is 7.29. The fraction of sp³-hybridized carbons (Fsp3) is 0.0476. The van der Waals surface area contributed by atoms with Gasteiger partial charge in [-0.15, -0.1) is 0 Å². The van der Waals surface area contributed by atoms with Gasteiger partial charge in [-0.3, -0.25) is 9.36 Å². The van der Waals surface area contributed by atoms with E-state index >= 15 is 0 Å². The van der Waals surface area contributed by atoms with Crippen molar-refractivity contribution < 1.29 is 13.9 Å². The van der Waals surface area contributed by atoms with Crippen LogP contribution in [0.3, 0.4) is 0 Å². The average molecular weight is 361 g/mol. The molecule has 3 aromatic carbocycles. The molecule has 1 N–H and O–H groups in total. The van der Waals surface area contributed by atoms with Crippen molar-refractivity contribution >= 4 is 22.6 Å². The third-order valence-corrected chi connectivity index (χ3v) is 4.07. The predicted molar refractivity (Wildman–Crippen MR) is 102 cm³/mol. The van der Waals surface area contributed by atoms with E-state index in [-0.39, 0.29) is 18.3 Å². The van der Waals surface area contributed by atoms with Gasteiger partial charge in [0.15, 0.2) is 6.61 Å². The van der Waals surface area contributed by atoms with Crippen LogP contribution in [0.25, 0.3) is 16.7 Å². The van der Waals surface area contributed by atoms with E-state index in [0.29, 0.717) is 11.4 Å². The summed E-state index contributed by atoms with van der Waals surface area (Å²) >= 11 is 0. The van der Waals surface area contributed by atoms with E-state index in [1.165, 1.54) is 24.3 Å². The number of hydrogen-bond acceptors (Lipinski definition) is 3. The van der Waals surface area contributed by atoms with Crippen LogP contribution in [0.5, 0.6) is 5.75 Å². The standard InChI is InChI=1S/C21H16FN3O2/c22-15-5-11-18(12-6-15)27-13-21(26)24-16-7-9-17(10-8-16)25-14-23-19-3-1-2-4-20(19)25/h1-12,14H,13H2,(H,24,26). The summed E-state index contributed by atoms with van der Waals surface area (Å²) < 4.78 is 20.2. The highest BCUT2D eigenvalue weighted by atomic mass is 19.1. The Morgan fingerprint density at radius 3 is 2.52 bits per heavy atom. The Balaban J connectivity index is 1.40. The van der Waals surface area contributed by atoms with Crippen LogP contribution in [0, 0.1) is 5.82 Å². The number of para-hydroxylation sites is 2. The summed E-state index contributed by atoms with van der Waals surface area (Å²) in [5, 5.41) is 2.77. The van der Waals surface area contributed by atoms with Gasteiger partial charge in [-0.25, -0.2) is 9.37 Å². The molecule has 0 saturated heterocycles. The van der Waals surface area contributed by atoms with Crippen LogP contribution in [0.2, 0.25) is 0 Å². The molecule has 0 unspecified atom stereocenters. The first-order valence-electron chi connectivity index (χ1n) is 8.40. The quantitative estimate of drug-likeness (QED) is 0.580. The molecule has 134 valence electrons. The predicted octanol–water partition coefficient (Wildman–Crippen LogP) is 4.18. The summed E-state index contributed by atoms with van der Waals surface area (Å²) in [6.45, 7) is -0.153. The molecule has 6 heteroatoms. The summed E-state index contributed by atoms with van der Waals surface area (Å²) in [7, 11) is 0. The zero-order valence-corrected chi connectivity index (χ0v) is 14.3. The van der Waals surface area contributed by atoms with Crippen LogP contribution in [0.15, 0.2) is 79.1 Å². The molecular weight excluding hydrogens is 345 g/mol. The molecule has 0 aliphatic heterocycles. The monoisotopic (exact) mass is 361 g/mol. The number of ether oxygens (including phenoxy) is 1. The molecule has 27 heavy (non-hydrogen) atoms. The Bertz CT molecular complexity index is 1070. The molecule has 0 saturated carbocycles. The third kappa shape index (κ3) is 3.79. The topological polar surface area (TPSA) is 56.1 Å². The average Bonchev–Trinajstić information content (AvgIpc) is 3.12. The number of benzene rings is 3. The molecule has 0 bridgehead atoms. The number of nitrogens with one attached hydrogen (secondary N) is 1. The van der Waals surface area contributed by atoms with Gasteiger partial charge in [0.2, 0.25) is 0 Å². The molecule has 0 radical (unpaired) electrons. The Morgan fingerprint density at radius 1 is 1.00 bits per heavy atom. The number of aromatic nitrogens is 2. The van der Waals surface area contributed by atoms with Crippen LogP contribution < -0.4 is 10.1 Å². The van der Waals surface area contributed by atoms with E-state index < -0.39 is 0 Å². The normalized spacial score (nSPS) is 10.7. The highest BCUT2D eigenvalue weighted by Gasteiger charge is 2.06. The van der Waals surface area contributed by atoms with Gasteiger partial charge in [0.1, 0.15) is 17.9 Å². The van der Waals surface area contributed by atoms with Crippen molar-refractivity contribution in [2.75, 3.05) is 11.9 Å². The summed E-state index contributed by atoms with van der Waals surface area (Å²) in [4.78, 5) is 16.4. The minimum absolute atomic E-state index is 0.153. The van der Waals surface area contributed by atoms with Crippen molar-refractivity contribution in [1.29, 1.82) is 0 Å². The molecule has 1 aromatic heterocycles. The van der Waals surface area contributed by atoms with Gasteiger partial charge >= 0.3 is 0 Å². The highest BCUT2D eigenvalue weighted by Crippen LogP contribution is 2.19. The smallest absolute Gasteiger partial charge is 0.262 e. The number of nitrogens with zero attached hydrogens (tertiary/aromatic N) is 2. The first kappa shape index (κ1) is 16.8. The molecule has 0 aliphatic carbocycles. The van der Waals surface area contributed by atoms with Crippen LogP contribution in [0.4, 0.5) is 10.1 Å². The maximum absolute atomic E-state index is 12.9. The fourth-order valence-electron chi connectivity index (χ4n) is 2.75. The van der Waals surface area contributed by atoms with E-state index in [1.807, 2.05) is 53.1 Å². The number of imidazole rings is 1. The summed E-state index contributed by atoms with van der Waals surface area (Å²) in [5.41, 5.74) is 3.55. The molecule has 4 aromatic rings. The number of hydrogen-bond donors (Lipinski definition) is 1. The molecule has 0 spiro atoms. The molecule has 1 heterocycles. The summed E-state index contributed by atoms with van der Waals surface area (Å²) in [6, 6.07) is 20.9. The molecule has 0 atom stereocenters. The molecule has 4 rings (SSSR count). The molecule has 0 aliphatic rings. The zero-order valence-electron chi connectivity index (χ0n) is 14.3. The fourth-order valence-corrected chi connectivity index (χ4v) is 2.75. The number of carbonyl (C=O) groups excluding carboxylic acids is 1. The number of halogens is 1. The van der Waals surface area contributed by atoms with E-state index in [2.05, 4.69) is 10.3 Å². The van der Waals surface area contributed by atoms with Crippen LogP contribution in [-0.2, 0) is 4.79 Å². The SMILES string of the molecule is O=C(COc1ccc(F)cc1)Nc1ccc(-n2cnc3ccccc32)cc1. The number of amides is 1. The number of rotatable bonds is 5. The number of fused-ring (bicyclic) bond motifs is 1. The van der Waals surface area contributed by atoms with Gasteiger partial charge in [0.25, 0.3) is 5.91 Å². The first-order valence-corrected chi connectivity index (χ1v) is 8.40. The maximum Gasteiger partial charge on any atom is 0.262 e. The Hall–Kier alpha value is -3.67. The summed E-state index contributed by atoms with van der Waals surface area (Å²) in [5.74, 6) is -0.202. The minimum atomic E-state index is -0.349. The van der Waals surface area contributed by atoms with Gasteiger partial charge in [-0.1, -0.05) is 12.1 Å². The number of carbonyl (C=O) groups is 1. The highest BCUT2D eigenvalue weighted by molar-refractivity contribution is 5.92. The Morgan fingerprint density at radius 2 is 1.74 bits per heavy atom. The minimum Gasteiger partial charge on any atom is -0.484 e. The van der Waals surface area contributed by atoms with Crippen molar-refractivity contribution in [3.8, 4) is 11.4 Å². The van der Waals surface area contributed by atoms with Gasteiger partial charge < -0.3 is 10.1 Å². The second-order valence-corrected chi connectivity index (χ2v) is 5.94. The van der Waals surface area contributed by atoms with Gasteiger partial charge in [0, 0.05) is 11.4 Å². The lowest BCUT2D eigenvalue weighted by atomic mass is 10.2.